The standard InChI is InChI=1S/C20H14N4O3/c21-18(25)16-17(13-8-10-22-11-9-13)24-27-20(16)23-19(26)15-7-3-5-12-4-1-2-6-14(12)15/h1-11H,(H2,21,25)(H,23,26). The number of amides is 2. The Balaban J connectivity index is 1.73. The Morgan fingerprint density at radius 2 is 1.70 bits per heavy atom. The number of pyridine rings is 1. The predicted octanol–water partition coefficient (Wildman–Crippen LogP) is 3.24. The van der Waals surface area contributed by atoms with Gasteiger partial charge >= 0.3 is 0 Å². The molecule has 4 rings (SSSR count). The molecule has 0 aliphatic heterocycles. The first-order valence-corrected chi connectivity index (χ1v) is 8.14. The molecule has 0 radical (unpaired) electrons. The molecule has 132 valence electrons. The van der Waals surface area contributed by atoms with Crippen molar-refractivity contribution >= 4 is 28.5 Å². The van der Waals surface area contributed by atoms with E-state index in [4.69, 9.17) is 10.3 Å². The molecule has 2 aromatic carbocycles. The quantitative estimate of drug-likeness (QED) is 0.582. The maximum absolute atomic E-state index is 12.8. The molecule has 27 heavy (non-hydrogen) atoms. The van der Waals surface area contributed by atoms with Gasteiger partial charge in [0.1, 0.15) is 11.3 Å². The van der Waals surface area contributed by atoms with Crippen LogP contribution in [0.5, 0.6) is 0 Å². The fourth-order valence-electron chi connectivity index (χ4n) is 2.90. The van der Waals surface area contributed by atoms with E-state index < -0.39 is 11.8 Å². The lowest BCUT2D eigenvalue weighted by molar-refractivity contribution is 0.100. The number of nitrogens with two attached hydrogens (primary N) is 1. The average molecular weight is 358 g/mol. The zero-order valence-corrected chi connectivity index (χ0v) is 14.0. The van der Waals surface area contributed by atoms with Crippen LogP contribution in [-0.4, -0.2) is 22.0 Å². The summed E-state index contributed by atoms with van der Waals surface area (Å²) in [6.07, 6.45) is 3.12. The number of hydrogen-bond donors (Lipinski definition) is 2. The second-order valence-corrected chi connectivity index (χ2v) is 5.82. The predicted molar refractivity (Wildman–Crippen MR) is 100 cm³/mol. The van der Waals surface area contributed by atoms with Crippen LogP contribution in [0.4, 0.5) is 5.88 Å². The second-order valence-electron chi connectivity index (χ2n) is 5.82. The number of nitrogens with one attached hydrogen (secondary N) is 1. The van der Waals surface area contributed by atoms with Crippen LogP contribution >= 0.6 is 0 Å². The van der Waals surface area contributed by atoms with Crippen LogP contribution in [0.2, 0.25) is 0 Å². The van der Waals surface area contributed by atoms with Crippen LogP contribution in [0.3, 0.4) is 0 Å². The second kappa shape index (κ2) is 6.72. The molecule has 2 aromatic heterocycles. The van der Waals surface area contributed by atoms with Gasteiger partial charge in [0.15, 0.2) is 0 Å². The van der Waals surface area contributed by atoms with Gasteiger partial charge in [-0.3, -0.25) is 19.9 Å². The molecule has 3 N–H and O–H groups in total. The number of anilines is 1. The average Bonchev–Trinajstić information content (AvgIpc) is 3.12. The van der Waals surface area contributed by atoms with Crippen LogP contribution in [0.25, 0.3) is 22.0 Å². The summed E-state index contributed by atoms with van der Waals surface area (Å²) in [5.41, 5.74) is 6.81. The largest absolute Gasteiger partial charge is 0.365 e. The summed E-state index contributed by atoms with van der Waals surface area (Å²) in [6.45, 7) is 0. The first-order valence-electron chi connectivity index (χ1n) is 8.14. The zero-order chi connectivity index (χ0) is 18.8. The Kier molecular flexibility index (Phi) is 4.10. The van der Waals surface area contributed by atoms with Gasteiger partial charge in [0.2, 0.25) is 5.88 Å². The van der Waals surface area contributed by atoms with Gasteiger partial charge in [0.05, 0.1) is 0 Å². The van der Waals surface area contributed by atoms with Crippen molar-refractivity contribution in [1.29, 1.82) is 0 Å². The summed E-state index contributed by atoms with van der Waals surface area (Å²) in [5, 5.41) is 8.21. The number of carbonyl (C=O) groups is 2. The molecule has 4 aromatic rings. The van der Waals surface area contributed by atoms with Crippen LogP contribution in [0, 0.1) is 0 Å². The molecular weight excluding hydrogens is 344 g/mol. The molecule has 2 amide bonds. The normalized spacial score (nSPS) is 10.7. The Labute approximate surface area is 153 Å². The molecular formula is C20H14N4O3. The number of fused-ring (bicyclic) bond motifs is 1. The summed E-state index contributed by atoms with van der Waals surface area (Å²) in [7, 11) is 0. The third kappa shape index (κ3) is 3.02. The molecule has 0 aliphatic rings. The van der Waals surface area contributed by atoms with Crippen molar-refractivity contribution in [2.45, 2.75) is 0 Å². The van der Waals surface area contributed by atoms with Crippen molar-refractivity contribution in [1.82, 2.24) is 10.1 Å². The van der Waals surface area contributed by atoms with Crippen molar-refractivity contribution in [3.8, 4) is 11.3 Å². The van der Waals surface area contributed by atoms with E-state index in [0.717, 1.165) is 10.8 Å². The van der Waals surface area contributed by atoms with Crippen LogP contribution in [0.1, 0.15) is 20.7 Å². The third-order valence-electron chi connectivity index (χ3n) is 4.15. The molecule has 2 heterocycles. The molecule has 7 nitrogen and oxygen atoms in total. The highest BCUT2D eigenvalue weighted by Crippen LogP contribution is 2.29. The van der Waals surface area contributed by atoms with Gasteiger partial charge in [-0.05, 0) is 29.0 Å². The zero-order valence-electron chi connectivity index (χ0n) is 14.0. The number of benzene rings is 2. The van der Waals surface area contributed by atoms with E-state index in [0.29, 0.717) is 11.1 Å². The van der Waals surface area contributed by atoms with Gasteiger partial charge in [-0.25, -0.2) is 0 Å². The van der Waals surface area contributed by atoms with E-state index in [-0.39, 0.29) is 17.1 Å². The number of nitrogens with zero attached hydrogens (tertiary/aromatic N) is 2. The Bertz CT molecular complexity index is 1150. The van der Waals surface area contributed by atoms with E-state index >= 15 is 0 Å². The Morgan fingerprint density at radius 1 is 0.963 bits per heavy atom. The highest BCUT2D eigenvalue weighted by molar-refractivity contribution is 6.14. The van der Waals surface area contributed by atoms with E-state index in [1.165, 1.54) is 0 Å². The number of aromatic nitrogens is 2. The fourth-order valence-corrected chi connectivity index (χ4v) is 2.90. The maximum Gasteiger partial charge on any atom is 0.258 e. The smallest absolute Gasteiger partial charge is 0.258 e. The minimum absolute atomic E-state index is 0.00906. The first-order chi connectivity index (χ1) is 13.1. The lowest BCUT2D eigenvalue weighted by Gasteiger charge is -2.07. The molecule has 0 saturated carbocycles. The van der Waals surface area contributed by atoms with E-state index in [1.54, 1.807) is 36.7 Å². The van der Waals surface area contributed by atoms with Crippen LogP contribution < -0.4 is 11.1 Å². The monoisotopic (exact) mass is 358 g/mol. The van der Waals surface area contributed by atoms with Crippen molar-refractivity contribution in [2.75, 3.05) is 5.32 Å². The van der Waals surface area contributed by atoms with E-state index in [1.807, 2.05) is 30.3 Å². The maximum atomic E-state index is 12.8. The highest BCUT2D eigenvalue weighted by Gasteiger charge is 2.24. The van der Waals surface area contributed by atoms with Gasteiger partial charge in [-0.2, -0.15) is 0 Å². The van der Waals surface area contributed by atoms with Crippen molar-refractivity contribution in [2.24, 2.45) is 5.73 Å². The van der Waals surface area contributed by atoms with Gasteiger partial charge in [-0.15, -0.1) is 0 Å². The highest BCUT2D eigenvalue weighted by atomic mass is 16.5. The van der Waals surface area contributed by atoms with Crippen LogP contribution in [0.15, 0.2) is 71.5 Å². The van der Waals surface area contributed by atoms with Gasteiger partial charge in [0, 0.05) is 23.5 Å². The number of carbonyl (C=O) groups excluding carboxylic acids is 2. The Hall–Kier alpha value is -4.00. The molecule has 0 saturated heterocycles. The molecule has 7 heteroatoms. The molecule has 0 atom stereocenters. The molecule has 0 unspecified atom stereocenters. The number of primary amides is 1. The van der Waals surface area contributed by atoms with Gasteiger partial charge < -0.3 is 10.3 Å². The molecule has 0 aliphatic carbocycles. The summed E-state index contributed by atoms with van der Waals surface area (Å²) < 4.78 is 5.21. The third-order valence-corrected chi connectivity index (χ3v) is 4.15. The Morgan fingerprint density at radius 3 is 2.48 bits per heavy atom. The van der Waals surface area contributed by atoms with Crippen LogP contribution in [-0.2, 0) is 0 Å². The molecule has 0 spiro atoms. The molecule has 0 bridgehead atoms. The number of hydrogen-bond acceptors (Lipinski definition) is 5. The van der Waals surface area contributed by atoms with Crippen molar-refractivity contribution < 1.29 is 14.1 Å². The lowest BCUT2D eigenvalue weighted by atomic mass is 10.0. The topological polar surface area (TPSA) is 111 Å². The summed E-state index contributed by atoms with van der Waals surface area (Å²) in [5.74, 6) is -1.27. The van der Waals surface area contributed by atoms with E-state index in [2.05, 4.69) is 15.5 Å². The van der Waals surface area contributed by atoms with Crippen molar-refractivity contribution in [3.05, 3.63) is 78.1 Å². The SMILES string of the molecule is NC(=O)c1c(-c2ccncc2)noc1NC(=O)c1cccc2ccccc12. The number of rotatable bonds is 4. The first kappa shape index (κ1) is 16.5. The van der Waals surface area contributed by atoms with Crippen molar-refractivity contribution in [3.63, 3.8) is 0 Å². The van der Waals surface area contributed by atoms with Gasteiger partial charge in [0.25, 0.3) is 11.8 Å². The minimum Gasteiger partial charge on any atom is -0.365 e. The van der Waals surface area contributed by atoms with Gasteiger partial charge in [-0.1, -0.05) is 41.6 Å². The summed E-state index contributed by atoms with van der Waals surface area (Å²) in [4.78, 5) is 28.7. The summed E-state index contributed by atoms with van der Waals surface area (Å²) in [6, 6.07) is 16.2. The minimum atomic E-state index is -0.753. The lowest BCUT2D eigenvalue weighted by Crippen LogP contribution is -2.17. The fraction of sp³-hybridized carbons (Fsp3) is 0. The van der Waals surface area contributed by atoms with E-state index in [9.17, 15) is 9.59 Å². The summed E-state index contributed by atoms with van der Waals surface area (Å²) >= 11 is 0. The molecule has 0 fully saturated rings.